The van der Waals surface area contributed by atoms with Crippen LogP contribution in [0.15, 0.2) is 217 Å². The molecule has 12 aromatic rings. The summed E-state index contributed by atoms with van der Waals surface area (Å²) in [6.45, 7) is 14.8. The fourth-order valence-electron chi connectivity index (χ4n) is 10.4. The quantitative estimate of drug-likeness (QED) is 0.175. The summed E-state index contributed by atoms with van der Waals surface area (Å²) in [5.74, 6) is -0.132. The van der Waals surface area contributed by atoms with E-state index in [9.17, 15) is 4.39 Å². The minimum atomic E-state index is -0.158. The Labute approximate surface area is 417 Å². The predicted molar refractivity (Wildman–Crippen MR) is 301 cm³/mol. The maximum absolute atomic E-state index is 12.3. The molecule has 2 heterocycles. The van der Waals surface area contributed by atoms with E-state index in [1.54, 1.807) is 19.1 Å². The summed E-state index contributed by atoms with van der Waals surface area (Å²) in [4.78, 5) is 2.48. The van der Waals surface area contributed by atoms with Crippen molar-refractivity contribution in [2.75, 3.05) is 4.90 Å². The van der Waals surface area contributed by atoms with Gasteiger partial charge in [0, 0.05) is 50.7 Å². The van der Waals surface area contributed by atoms with Gasteiger partial charge in [0.1, 0.15) is 17.0 Å². The van der Waals surface area contributed by atoms with E-state index in [0.29, 0.717) is 5.56 Å². The molecule has 4 heteroatoms. The summed E-state index contributed by atoms with van der Waals surface area (Å²) in [6, 6.07) is 74.6. The molecule has 0 bridgehead atoms. The number of para-hydroxylation sites is 2. The topological polar surface area (TPSA) is 21.3 Å². The van der Waals surface area contributed by atoms with Crippen LogP contribution in [0.25, 0.3) is 76.8 Å². The molecule has 0 aliphatic heterocycles. The number of fused-ring (bicyclic) bond motifs is 11. The Morgan fingerprint density at radius 2 is 1.07 bits per heavy atom. The van der Waals surface area contributed by atoms with Crippen LogP contribution >= 0.6 is 0 Å². The zero-order chi connectivity index (χ0) is 49.4. The van der Waals surface area contributed by atoms with Crippen molar-refractivity contribution in [1.82, 2.24) is 4.57 Å². The van der Waals surface area contributed by atoms with Crippen molar-refractivity contribution in [2.45, 2.75) is 53.9 Å². The van der Waals surface area contributed by atoms with Crippen molar-refractivity contribution >= 4 is 71.6 Å². The summed E-state index contributed by atoms with van der Waals surface area (Å²) in [5.41, 5.74) is 18.8. The number of furan rings is 1. The van der Waals surface area contributed by atoms with Gasteiger partial charge in [-0.15, -0.1) is 0 Å². The Kier molecular flexibility index (Phi) is 12.6. The Morgan fingerprint density at radius 3 is 1.80 bits per heavy atom. The predicted octanol–water partition coefficient (Wildman–Crippen LogP) is 19.3. The number of nitrogens with zero attached hydrogens (tertiary/aromatic N) is 2. The number of aromatic nitrogens is 1. The summed E-state index contributed by atoms with van der Waals surface area (Å²) < 4.78 is 21.1. The Balaban J connectivity index is 0.000000208. The van der Waals surface area contributed by atoms with Crippen molar-refractivity contribution in [2.24, 2.45) is 7.05 Å². The highest BCUT2D eigenvalue weighted by Gasteiger charge is 2.38. The zero-order valence-corrected chi connectivity index (χ0v) is 41.9. The van der Waals surface area contributed by atoms with Gasteiger partial charge in [0.15, 0.2) is 0 Å². The average Bonchev–Trinajstić information content (AvgIpc) is 4.01. The number of anilines is 3. The van der Waals surface area contributed by atoms with E-state index in [4.69, 9.17) is 4.42 Å². The normalized spacial score (nSPS) is 12.1. The van der Waals surface area contributed by atoms with Crippen LogP contribution in [-0.4, -0.2) is 4.57 Å². The summed E-state index contributed by atoms with van der Waals surface area (Å²) in [6.07, 6.45) is 0. The van der Waals surface area contributed by atoms with E-state index in [2.05, 4.69) is 220 Å². The average molecular weight is 927 g/mol. The lowest BCUT2D eigenvalue weighted by molar-refractivity contribution is 0.618. The van der Waals surface area contributed by atoms with Crippen molar-refractivity contribution in [3.8, 4) is 22.3 Å². The number of aryl methyl sites for hydroxylation is 4. The van der Waals surface area contributed by atoms with Crippen LogP contribution in [-0.2, 0) is 12.5 Å². The molecule has 0 saturated carbocycles. The third-order valence-corrected chi connectivity index (χ3v) is 14.1. The molecular weight excluding hydrogens is 868 g/mol. The van der Waals surface area contributed by atoms with Crippen LogP contribution < -0.4 is 4.90 Å². The van der Waals surface area contributed by atoms with E-state index in [1.165, 1.54) is 88.8 Å². The molecule has 0 radical (unpaired) electrons. The number of halogens is 1. The van der Waals surface area contributed by atoms with E-state index >= 15 is 0 Å². The highest BCUT2D eigenvalue weighted by atomic mass is 19.1. The van der Waals surface area contributed by atoms with Gasteiger partial charge in [0.2, 0.25) is 0 Å². The zero-order valence-electron chi connectivity index (χ0n) is 41.9. The van der Waals surface area contributed by atoms with Gasteiger partial charge in [-0.1, -0.05) is 197 Å². The molecule has 0 N–H and O–H groups in total. The first kappa shape index (κ1) is 46.5. The molecule has 0 atom stereocenters. The van der Waals surface area contributed by atoms with Gasteiger partial charge < -0.3 is 13.9 Å². The van der Waals surface area contributed by atoms with E-state index in [-0.39, 0.29) is 11.2 Å². The van der Waals surface area contributed by atoms with Gasteiger partial charge in [0.25, 0.3) is 0 Å². The van der Waals surface area contributed by atoms with Crippen LogP contribution in [0.1, 0.15) is 55.5 Å². The molecule has 3 nitrogen and oxygen atoms in total. The third-order valence-electron chi connectivity index (χ3n) is 14.1. The number of rotatable bonds is 4. The fraction of sp³-hybridized carbons (Fsp3) is 0.134. The molecule has 0 unspecified atom stereocenters. The highest BCUT2D eigenvalue weighted by molar-refractivity contribution is 6.17. The maximum atomic E-state index is 12.3. The summed E-state index contributed by atoms with van der Waals surface area (Å²) in [7, 11) is 2.16. The summed E-state index contributed by atoms with van der Waals surface area (Å²) >= 11 is 0. The molecule has 1 aliphatic rings. The van der Waals surface area contributed by atoms with Crippen molar-refractivity contribution < 1.29 is 8.81 Å². The van der Waals surface area contributed by atoms with Crippen LogP contribution in [0, 0.1) is 26.6 Å². The van der Waals surface area contributed by atoms with Crippen LogP contribution in [0.5, 0.6) is 0 Å². The van der Waals surface area contributed by atoms with Crippen molar-refractivity contribution in [1.29, 1.82) is 0 Å². The largest absolute Gasteiger partial charge is 0.456 e. The van der Waals surface area contributed by atoms with Gasteiger partial charge >= 0.3 is 0 Å². The minimum Gasteiger partial charge on any atom is -0.456 e. The van der Waals surface area contributed by atoms with Crippen molar-refractivity contribution in [3.63, 3.8) is 0 Å². The molecule has 13 rings (SSSR count). The Morgan fingerprint density at radius 1 is 0.465 bits per heavy atom. The van der Waals surface area contributed by atoms with Crippen LogP contribution in [0.3, 0.4) is 0 Å². The second-order valence-electron chi connectivity index (χ2n) is 18.9. The first-order valence-corrected chi connectivity index (χ1v) is 24.8. The molecule has 350 valence electrons. The smallest absolute Gasteiger partial charge is 0.137 e. The number of hydrogen-bond donors (Lipinski definition) is 0. The summed E-state index contributed by atoms with van der Waals surface area (Å²) in [5, 5.41) is 7.24. The third kappa shape index (κ3) is 8.44. The lowest BCUT2D eigenvalue weighted by atomic mass is 9.81. The lowest BCUT2D eigenvalue weighted by Gasteiger charge is -2.30. The van der Waals surface area contributed by atoms with E-state index in [0.717, 1.165) is 33.3 Å². The molecular formula is C67H59FN2O. The lowest BCUT2D eigenvalue weighted by Crippen LogP contribution is -2.17. The molecule has 2 aromatic heterocycles. The van der Waals surface area contributed by atoms with Crippen LogP contribution in [0.4, 0.5) is 21.5 Å². The Hall–Kier alpha value is -8.21. The Bertz CT molecular complexity index is 3860. The fourth-order valence-corrected chi connectivity index (χ4v) is 10.4. The first-order chi connectivity index (χ1) is 34.6. The van der Waals surface area contributed by atoms with Gasteiger partial charge in [-0.3, -0.25) is 0 Å². The van der Waals surface area contributed by atoms with E-state index < -0.39 is 0 Å². The first-order valence-electron chi connectivity index (χ1n) is 24.8. The van der Waals surface area contributed by atoms with Gasteiger partial charge in [-0.25, -0.2) is 4.39 Å². The second kappa shape index (κ2) is 19.3. The molecule has 0 spiro atoms. The van der Waals surface area contributed by atoms with Gasteiger partial charge in [0.05, 0.1) is 16.8 Å². The molecule has 1 aliphatic carbocycles. The number of hydrogen-bond acceptors (Lipinski definition) is 2. The molecule has 0 saturated heterocycles. The molecule has 0 fully saturated rings. The van der Waals surface area contributed by atoms with Crippen LogP contribution in [0.2, 0.25) is 0 Å². The van der Waals surface area contributed by atoms with E-state index in [1.807, 2.05) is 32.0 Å². The van der Waals surface area contributed by atoms with Crippen molar-refractivity contribution in [3.05, 3.63) is 246 Å². The minimum absolute atomic E-state index is 0.132. The maximum Gasteiger partial charge on any atom is 0.137 e. The molecule has 71 heavy (non-hydrogen) atoms. The number of benzene rings is 10. The molecule has 0 amide bonds. The van der Waals surface area contributed by atoms with Gasteiger partial charge in [-0.2, -0.15) is 0 Å². The highest BCUT2D eigenvalue weighted by Crippen LogP contribution is 2.55. The van der Waals surface area contributed by atoms with Gasteiger partial charge in [-0.05, 0) is 120 Å². The SMILES string of the molecule is CC.Cc1ccc(-c2ccccc2)cc1.Cc1ccc2c(c1)C(C)(C)c1cc(N(c3ccc4c(c3)c3ccccc3n4C)c3cccc4oc5ccccc5c34)c3ccccc3c1-2.Cc1ccccc1F. The second-order valence-corrected chi connectivity index (χ2v) is 18.9. The monoisotopic (exact) mass is 926 g/mol. The molecule has 10 aromatic carbocycles. The standard InChI is InChI=1S/C45H34N2O.C13H12.C7H7F.C2H6/c1-27-20-22-32-35(24-27)45(2,3)36-26-40(29-12-5-6-14-31(29)43(32)36)47(39-17-11-19-42-44(39)33-15-8-10-18-41(33)48-42)28-21-23-38-34(25-28)30-13-7-9-16-37(30)46(38)4;1-11-7-9-13(10-8-11)12-5-3-2-4-6-12;1-6-4-2-3-5-7(6)8;1-2/h5-26H,1-4H3;2-10H,1H3;2-5H,1H3;1-2H3.